The fraction of sp³-hybridized carbons (Fsp3) is 0.444. The predicted molar refractivity (Wildman–Crippen MR) is 75.4 cm³/mol. The van der Waals surface area contributed by atoms with Crippen molar-refractivity contribution in [1.82, 2.24) is 4.98 Å². The highest BCUT2D eigenvalue weighted by Crippen LogP contribution is 2.45. The van der Waals surface area contributed by atoms with Crippen LogP contribution >= 0.6 is 73.9 Å². The van der Waals surface area contributed by atoms with Gasteiger partial charge in [0.1, 0.15) is 5.15 Å². The molecule has 1 aromatic rings. The molecule has 0 aliphatic heterocycles. The molecule has 0 amide bonds. The molecule has 1 rings (SSSR count). The summed E-state index contributed by atoms with van der Waals surface area (Å²) in [6.07, 6.45) is 1.88. The van der Waals surface area contributed by atoms with Gasteiger partial charge in [-0.3, -0.25) is 0 Å². The Morgan fingerprint density at radius 2 is 1.88 bits per heavy atom. The summed E-state index contributed by atoms with van der Waals surface area (Å²) in [5.41, 5.74) is 0.799. The number of aromatic nitrogens is 1. The van der Waals surface area contributed by atoms with Gasteiger partial charge in [-0.05, 0) is 18.6 Å². The average Bonchev–Trinajstić information content (AvgIpc) is 2.05. The maximum absolute atomic E-state index is 5.88. The molecule has 90 valence electrons. The summed E-state index contributed by atoms with van der Waals surface area (Å²) in [7, 11) is 0. The molecule has 0 aliphatic rings. The second kappa shape index (κ2) is 5.38. The number of pyridine rings is 1. The maximum Gasteiger partial charge on any atom is 0.192 e. The van der Waals surface area contributed by atoms with Gasteiger partial charge in [-0.15, -0.1) is 0 Å². The fourth-order valence-corrected chi connectivity index (χ4v) is 3.38. The van der Waals surface area contributed by atoms with Crippen molar-refractivity contribution in [3.63, 3.8) is 0 Å². The van der Waals surface area contributed by atoms with Gasteiger partial charge in [-0.1, -0.05) is 73.9 Å². The first-order chi connectivity index (χ1) is 7.12. The van der Waals surface area contributed by atoms with E-state index < -0.39 is 8.12 Å². The van der Waals surface area contributed by atoms with E-state index in [0.717, 1.165) is 5.56 Å². The Morgan fingerprint density at radius 3 is 2.31 bits per heavy atom. The van der Waals surface area contributed by atoms with E-state index >= 15 is 0 Å². The quantitative estimate of drug-likeness (QED) is 0.465. The van der Waals surface area contributed by atoms with E-state index in [1.807, 2.05) is 6.92 Å². The summed E-state index contributed by atoms with van der Waals surface area (Å²) in [6, 6.07) is 1.70. The molecule has 1 nitrogen and oxygen atoms in total. The third kappa shape index (κ3) is 4.40. The van der Waals surface area contributed by atoms with Crippen LogP contribution in [0.4, 0.5) is 0 Å². The first kappa shape index (κ1) is 15.1. The van der Waals surface area contributed by atoms with Crippen molar-refractivity contribution in [2.75, 3.05) is 0 Å². The van der Waals surface area contributed by atoms with Crippen molar-refractivity contribution in [3.05, 3.63) is 28.0 Å². The highest BCUT2D eigenvalue weighted by Gasteiger charge is 2.34. The van der Waals surface area contributed by atoms with Gasteiger partial charge in [-0.25, -0.2) is 4.98 Å². The number of hydrogen-bond acceptors (Lipinski definition) is 1. The minimum Gasteiger partial charge on any atom is -0.243 e. The molecule has 16 heavy (non-hydrogen) atoms. The molecule has 1 unspecified atom stereocenters. The van der Waals surface area contributed by atoms with Gasteiger partial charge >= 0.3 is 0 Å². The molecule has 1 aromatic heterocycles. The largest absolute Gasteiger partial charge is 0.243 e. The molecule has 0 saturated heterocycles. The third-order valence-electron chi connectivity index (χ3n) is 1.93. The number of alkyl halides is 4. The van der Waals surface area contributed by atoms with E-state index in [2.05, 4.69) is 20.9 Å². The minimum absolute atomic E-state index is 0.252. The Labute approximate surface area is 127 Å². The highest BCUT2D eigenvalue weighted by atomic mass is 79.9. The van der Waals surface area contributed by atoms with Crippen molar-refractivity contribution in [3.8, 4) is 0 Å². The Morgan fingerprint density at radius 1 is 1.31 bits per heavy atom. The van der Waals surface area contributed by atoms with Gasteiger partial charge in [-0.2, -0.15) is 0 Å². The Kier molecular flexibility index (Phi) is 5.09. The molecule has 0 saturated carbocycles. The number of nitrogens with zero attached hydrogens (tertiary/aromatic N) is 1. The van der Waals surface area contributed by atoms with E-state index in [9.17, 15) is 0 Å². The molecule has 1 heterocycles. The van der Waals surface area contributed by atoms with Gasteiger partial charge < -0.3 is 0 Å². The van der Waals surface area contributed by atoms with Gasteiger partial charge in [0.2, 0.25) is 0 Å². The zero-order valence-corrected chi connectivity index (χ0v) is 13.4. The van der Waals surface area contributed by atoms with Crippen LogP contribution in [0.3, 0.4) is 0 Å². The third-order valence-corrected chi connectivity index (χ3v) is 3.76. The van der Waals surface area contributed by atoms with E-state index in [-0.39, 0.29) is 11.6 Å². The van der Waals surface area contributed by atoms with Gasteiger partial charge in [0.15, 0.2) is 3.79 Å². The van der Waals surface area contributed by atoms with Gasteiger partial charge in [0.25, 0.3) is 0 Å². The van der Waals surface area contributed by atoms with E-state index in [0.29, 0.717) is 5.02 Å². The Balaban J connectivity index is 3.02. The lowest BCUT2D eigenvalue weighted by Crippen LogP contribution is -2.21. The zero-order valence-electron chi connectivity index (χ0n) is 8.08. The van der Waals surface area contributed by atoms with Gasteiger partial charge in [0.05, 0.1) is 9.35 Å². The van der Waals surface area contributed by atoms with Crippen LogP contribution in [0.25, 0.3) is 0 Å². The molecular weight excluding hydrogens is 379 g/mol. The Hall–Kier alpha value is 1.08. The summed E-state index contributed by atoms with van der Waals surface area (Å²) in [4.78, 5) is 3.95. The van der Waals surface area contributed by atoms with Crippen LogP contribution in [0.1, 0.15) is 18.9 Å². The van der Waals surface area contributed by atoms with Crippen LogP contribution in [0.5, 0.6) is 0 Å². The molecule has 0 aromatic carbocycles. The summed E-state index contributed by atoms with van der Waals surface area (Å²) in [6.45, 7) is 1.87. The van der Waals surface area contributed by atoms with Crippen LogP contribution in [-0.2, 0) is 4.32 Å². The fourth-order valence-electron chi connectivity index (χ4n) is 1.18. The monoisotopic (exact) mass is 383 g/mol. The molecule has 0 N–H and O–H groups in total. The predicted octanol–water partition coefficient (Wildman–Crippen LogP) is 5.76. The topological polar surface area (TPSA) is 12.9 Å². The molecule has 0 fully saturated rings. The van der Waals surface area contributed by atoms with Gasteiger partial charge in [0, 0.05) is 12.6 Å². The molecule has 0 aliphatic carbocycles. The van der Waals surface area contributed by atoms with Crippen LogP contribution in [0, 0.1) is 0 Å². The average molecular weight is 386 g/mol. The summed E-state index contributed by atoms with van der Waals surface area (Å²) < 4.78 is -1.89. The molecule has 0 bridgehead atoms. The van der Waals surface area contributed by atoms with Crippen molar-refractivity contribution in [2.24, 2.45) is 0 Å². The normalized spacial score (nSPS) is 15.9. The van der Waals surface area contributed by atoms with Crippen LogP contribution in [0.15, 0.2) is 12.3 Å². The first-order valence-corrected chi connectivity index (χ1v) is 6.87. The van der Waals surface area contributed by atoms with Crippen LogP contribution in [-0.4, -0.2) is 8.78 Å². The first-order valence-electron chi connectivity index (χ1n) is 4.19. The van der Waals surface area contributed by atoms with Crippen molar-refractivity contribution in [2.45, 2.75) is 21.5 Å². The highest BCUT2D eigenvalue weighted by molar-refractivity contribution is 9.09. The standard InChI is InChI=1S/C9H7BrCl5N/c1-8(10,4-9(13,14)15)5-2-6(11)7(12)16-3-5/h2-3H,4H2,1H3. The second-order valence-corrected chi connectivity index (χ2v) is 8.52. The molecule has 7 heteroatoms. The summed E-state index contributed by atoms with van der Waals surface area (Å²) in [5, 5.41) is 0.622. The lowest BCUT2D eigenvalue weighted by molar-refractivity contribution is 0.645. The van der Waals surface area contributed by atoms with E-state index in [4.69, 9.17) is 58.0 Å². The van der Waals surface area contributed by atoms with E-state index in [1.54, 1.807) is 12.3 Å². The van der Waals surface area contributed by atoms with Crippen molar-refractivity contribution < 1.29 is 0 Å². The van der Waals surface area contributed by atoms with Crippen LogP contribution in [0.2, 0.25) is 10.2 Å². The number of hydrogen-bond donors (Lipinski definition) is 0. The summed E-state index contributed by atoms with van der Waals surface area (Å²) in [5.74, 6) is 0. The molecular formula is C9H7BrCl5N. The SMILES string of the molecule is CC(Br)(CC(Cl)(Cl)Cl)c1cnc(Cl)c(Cl)c1. The molecule has 1 atom stereocenters. The molecule has 0 radical (unpaired) electrons. The smallest absolute Gasteiger partial charge is 0.192 e. The minimum atomic E-state index is -1.36. The number of halogens is 6. The van der Waals surface area contributed by atoms with Crippen molar-refractivity contribution >= 4 is 73.9 Å². The Bertz CT molecular complexity index is 388. The molecule has 0 spiro atoms. The number of rotatable bonds is 2. The lowest BCUT2D eigenvalue weighted by atomic mass is 10.0. The lowest BCUT2D eigenvalue weighted by Gasteiger charge is -2.26. The maximum atomic E-state index is 5.88. The summed E-state index contributed by atoms with van der Waals surface area (Å²) >= 11 is 32.4. The van der Waals surface area contributed by atoms with Crippen molar-refractivity contribution in [1.29, 1.82) is 0 Å². The zero-order chi connectivity index (χ0) is 12.6. The second-order valence-electron chi connectivity index (χ2n) is 3.49. The van der Waals surface area contributed by atoms with E-state index in [1.165, 1.54) is 0 Å². The van der Waals surface area contributed by atoms with Crippen LogP contribution < -0.4 is 0 Å².